The van der Waals surface area contributed by atoms with E-state index in [1.54, 1.807) is 6.33 Å². The lowest BCUT2D eigenvalue weighted by molar-refractivity contribution is -0.136. The third-order valence-electron chi connectivity index (χ3n) is 5.22. The molecule has 3 fully saturated rings. The first kappa shape index (κ1) is 14.9. The first-order valence-electron chi connectivity index (χ1n) is 8.74. The number of rotatable bonds is 4. The van der Waals surface area contributed by atoms with Crippen LogP contribution in [0, 0.1) is 5.92 Å². The Bertz CT molecular complexity index is 535. The summed E-state index contributed by atoms with van der Waals surface area (Å²) < 4.78 is 5.36. The molecule has 0 bridgehead atoms. The van der Waals surface area contributed by atoms with E-state index in [2.05, 4.69) is 14.9 Å². The van der Waals surface area contributed by atoms with Crippen LogP contribution < -0.4 is 4.90 Å². The Morgan fingerprint density at radius 3 is 2.57 bits per heavy atom. The molecule has 1 atom stereocenters. The molecule has 1 amide bonds. The average Bonchev–Trinajstić information content (AvgIpc) is 3.28. The number of carbonyl (C=O) groups is 1. The summed E-state index contributed by atoms with van der Waals surface area (Å²) in [4.78, 5) is 25.5. The van der Waals surface area contributed by atoms with Crippen molar-refractivity contribution in [1.29, 1.82) is 0 Å². The van der Waals surface area contributed by atoms with Gasteiger partial charge in [-0.25, -0.2) is 9.97 Å². The second kappa shape index (κ2) is 6.43. The van der Waals surface area contributed by atoms with Crippen molar-refractivity contribution in [2.75, 3.05) is 31.2 Å². The molecule has 1 aliphatic carbocycles. The Kier molecular flexibility index (Phi) is 4.16. The molecule has 124 valence electrons. The third-order valence-corrected chi connectivity index (χ3v) is 5.22. The smallest absolute Gasteiger partial charge is 0.228 e. The molecule has 6 heteroatoms. The summed E-state index contributed by atoms with van der Waals surface area (Å²) in [5.41, 5.74) is 0. The molecule has 1 saturated carbocycles. The maximum atomic E-state index is 12.5. The van der Waals surface area contributed by atoms with Gasteiger partial charge in [0.2, 0.25) is 5.91 Å². The second-order valence-corrected chi connectivity index (χ2v) is 6.82. The van der Waals surface area contributed by atoms with Crippen molar-refractivity contribution in [1.82, 2.24) is 14.9 Å². The largest absolute Gasteiger partial charge is 0.381 e. The monoisotopic (exact) mass is 316 g/mol. The molecule has 0 aromatic carbocycles. The van der Waals surface area contributed by atoms with Crippen LogP contribution in [0.15, 0.2) is 18.6 Å². The van der Waals surface area contributed by atoms with Crippen molar-refractivity contribution in [3.63, 3.8) is 0 Å². The van der Waals surface area contributed by atoms with Gasteiger partial charge in [0.05, 0.1) is 12.5 Å². The minimum Gasteiger partial charge on any atom is -0.381 e. The Labute approximate surface area is 136 Å². The van der Waals surface area contributed by atoms with Crippen molar-refractivity contribution >= 4 is 11.7 Å². The number of piperidine rings is 1. The highest BCUT2D eigenvalue weighted by Crippen LogP contribution is 2.35. The van der Waals surface area contributed by atoms with Gasteiger partial charge in [0, 0.05) is 38.0 Å². The van der Waals surface area contributed by atoms with Gasteiger partial charge in [-0.1, -0.05) is 0 Å². The standard InChI is InChI=1S/C17H24N4O2/c22-17(13-6-10-23-11-13)20-8-4-15(5-9-20)21(14-1-2-14)16-3-7-18-12-19-16/h3,7,12-15H,1-2,4-6,8-11H2. The molecule has 3 heterocycles. The number of hydrogen-bond acceptors (Lipinski definition) is 5. The zero-order chi connectivity index (χ0) is 15.6. The highest BCUT2D eigenvalue weighted by atomic mass is 16.5. The molecular formula is C17H24N4O2. The van der Waals surface area contributed by atoms with Crippen LogP contribution in [0.25, 0.3) is 0 Å². The summed E-state index contributed by atoms with van der Waals surface area (Å²) in [7, 11) is 0. The number of carbonyl (C=O) groups excluding carboxylic acids is 1. The molecule has 3 aliphatic rings. The number of hydrogen-bond donors (Lipinski definition) is 0. The van der Waals surface area contributed by atoms with Gasteiger partial charge in [-0.15, -0.1) is 0 Å². The molecule has 6 nitrogen and oxygen atoms in total. The van der Waals surface area contributed by atoms with Gasteiger partial charge in [0.15, 0.2) is 0 Å². The number of aromatic nitrogens is 2. The molecule has 2 saturated heterocycles. The second-order valence-electron chi connectivity index (χ2n) is 6.82. The fraction of sp³-hybridized carbons (Fsp3) is 0.706. The van der Waals surface area contributed by atoms with Crippen molar-refractivity contribution < 1.29 is 9.53 Å². The maximum Gasteiger partial charge on any atom is 0.228 e. The van der Waals surface area contributed by atoms with Crippen LogP contribution >= 0.6 is 0 Å². The van der Waals surface area contributed by atoms with E-state index < -0.39 is 0 Å². The minimum absolute atomic E-state index is 0.0907. The topological polar surface area (TPSA) is 58.6 Å². The van der Waals surface area contributed by atoms with Crippen LogP contribution in [0.1, 0.15) is 32.1 Å². The lowest BCUT2D eigenvalue weighted by Crippen LogP contribution is -2.49. The number of amides is 1. The zero-order valence-corrected chi connectivity index (χ0v) is 13.4. The van der Waals surface area contributed by atoms with E-state index in [4.69, 9.17) is 4.74 Å². The summed E-state index contributed by atoms with van der Waals surface area (Å²) in [5.74, 6) is 1.42. The normalized spacial score (nSPS) is 25.6. The summed E-state index contributed by atoms with van der Waals surface area (Å²) in [6.07, 6.45) is 8.89. The van der Waals surface area contributed by atoms with Gasteiger partial charge in [0.1, 0.15) is 12.1 Å². The Balaban J connectivity index is 1.39. The predicted octanol–water partition coefficient (Wildman–Crippen LogP) is 1.47. The SMILES string of the molecule is O=C(C1CCOC1)N1CCC(N(c2ccncn2)C2CC2)CC1. The molecule has 23 heavy (non-hydrogen) atoms. The fourth-order valence-electron chi connectivity index (χ4n) is 3.81. The number of likely N-dealkylation sites (tertiary alicyclic amines) is 1. The predicted molar refractivity (Wildman–Crippen MR) is 86.1 cm³/mol. The highest BCUT2D eigenvalue weighted by molar-refractivity contribution is 5.79. The van der Waals surface area contributed by atoms with Gasteiger partial charge in [0.25, 0.3) is 0 Å². The van der Waals surface area contributed by atoms with Crippen molar-refractivity contribution in [2.24, 2.45) is 5.92 Å². The highest BCUT2D eigenvalue weighted by Gasteiger charge is 2.38. The van der Waals surface area contributed by atoms with Crippen molar-refractivity contribution in [2.45, 2.75) is 44.2 Å². The molecule has 4 rings (SSSR count). The fourth-order valence-corrected chi connectivity index (χ4v) is 3.81. The van der Waals surface area contributed by atoms with Crippen LogP contribution in [-0.2, 0) is 9.53 Å². The summed E-state index contributed by atoms with van der Waals surface area (Å²) in [6, 6.07) is 3.12. The van der Waals surface area contributed by atoms with Crippen molar-refractivity contribution in [3.8, 4) is 0 Å². The quantitative estimate of drug-likeness (QED) is 0.842. The molecule has 1 aromatic heterocycles. The number of nitrogens with zero attached hydrogens (tertiary/aromatic N) is 4. The molecule has 1 unspecified atom stereocenters. The first-order valence-corrected chi connectivity index (χ1v) is 8.74. The molecule has 0 radical (unpaired) electrons. The van der Waals surface area contributed by atoms with Gasteiger partial charge in [-0.3, -0.25) is 4.79 Å². The van der Waals surface area contributed by atoms with Crippen LogP contribution in [0.5, 0.6) is 0 Å². The summed E-state index contributed by atoms with van der Waals surface area (Å²) >= 11 is 0. The molecular weight excluding hydrogens is 292 g/mol. The van der Waals surface area contributed by atoms with E-state index >= 15 is 0 Å². The Morgan fingerprint density at radius 2 is 1.96 bits per heavy atom. The maximum absolute atomic E-state index is 12.5. The van der Waals surface area contributed by atoms with Crippen LogP contribution in [-0.4, -0.2) is 59.2 Å². The van der Waals surface area contributed by atoms with Gasteiger partial charge < -0.3 is 14.5 Å². The lowest BCUT2D eigenvalue weighted by atomic mass is 10.00. The van der Waals surface area contributed by atoms with Crippen LogP contribution in [0.4, 0.5) is 5.82 Å². The molecule has 0 N–H and O–H groups in total. The van der Waals surface area contributed by atoms with E-state index in [0.29, 0.717) is 24.6 Å². The summed E-state index contributed by atoms with van der Waals surface area (Å²) in [5, 5.41) is 0. The third kappa shape index (κ3) is 3.17. The summed E-state index contributed by atoms with van der Waals surface area (Å²) in [6.45, 7) is 3.05. The van der Waals surface area contributed by atoms with E-state index in [9.17, 15) is 4.79 Å². The van der Waals surface area contributed by atoms with Gasteiger partial charge in [-0.05, 0) is 38.2 Å². The number of ether oxygens (including phenoxy) is 1. The Morgan fingerprint density at radius 1 is 1.17 bits per heavy atom. The Hall–Kier alpha value is -1.69. The van der Waals surface area contributed by atoms with E-state index in [-0.39, 0.29) is 5.92 Å². The molecule has 2 aliphatic heterocycles. The van der Waals surface area contributed by atoms with Crippen LogP contribution in [0.3, 0.4) is 0 Å². The van der Waals surface area contributed by atoms with E-state index in [1.165, 1.54) is 12.8 Å². The van der Waals surface area contributed by atoms with E-state index in [1.807, 2.05) is 17.2 Å². The first-order chi connectivity index (χ1) is 11.3. The zero-order valence-electron chi connectivity index (χ0n) is 13.4. The molecule has 0 spiro atoms. The van der Waals surface area contributed by atoms with E-state index in [0.717, 1.165) is 44.8 Å². The number of anilines is 1. The minimum atomic E-state index is 0.0907. The van der Waals surface area contributed by atoms with Crippen molar-refractivity contribution in [3.05, 3.63) is 18.6 Å². The van der Waals surface area contributed by atoms with Gasteiger partial charge >= 0.3 is 0 Å². The van der Waals surface area contributed by atoms with Gasteiger partial charge in [-0.2, -0.15) is 0 Å². The average molecular weight is 316 g/mol. The molecule has 1 aromatic rings. The van der Waals surface area contributed by atoms with Crippen LogP contribution in [0.2, 0.25) is 0 Å². The lowest BCUT2D eigenvalue weighted by Gasteiger charge is -2.40.